The Balaban J connectivity index is 0.836. The first-order valence-electron chi connectivity index (χ1n) is 25.6. The number of fused-ring (bicyclic) bond motifs is 8. The van der Waals surface area contributed by atoms with E-state index in [1.54, 1.807) is 0 Å². The lowest BCUT2D eigenvalue weighted by Gasteiger charge is -2.19. The van der Waals surface area contributed by atoms with Crippen molar-refractivity contribution in [3.8, 4) is 61.6 Å². The van der Waals surface area contributed by atoms with Gasteiger partial charge >= 0.3 is 0 Å². The normalized spacial score (nSPS) is 11.9. The smallest absolute Gasteiger partial charge is 0.145 e. The largest absolute Gasteiger partial charge is 0.292 e. The molecule has 0 bridgehead atoms. The molecule has 0 aliphatic carbocycles. The van der Waals surface area contributed by atoms with Gasteiger partial charge in [0.15, 0.2) is 0 Å². The number of nitrogens with zero attached hydrogens (tertiary/aromatic N) is 2. The highest BCUT2D eigenvalue weighted by Crippen LogP contribution is 2.47. The molecule has 0 saturated heterocycles. The van der Waals surface area contributed by atoms with Crippen molar-refractivity contribution in [1.29, 1.82) is 0 Å². The molecular formula is C72H46N2. The van der Waals surface area contributed by atoms with Crippen LogP contribution < -0.4 is 0 Å². The van der Waals surface area contributed by atoms with E-state index in [1.165, 1.54) is 125 Å². The Bertz CT molecular complexity index is 4680. The average molecular weight is 939 g/mol. The molecule has 0 fully saturated rings. The molecule has 14 aromatic carbocycles. The number of aryl methyl sites for hydroxylation is 1. The second-order valence-corrected chi connectivity index (χ2v) is 19.9. The summed E-state index contributed by atoms with van der Waals surface area (Å²) in [6, 6.07) is 96.3. The van der Waals surface area contributed by atoms with Crippen LogP contribution in [0.2, 0.25) is 0 Å². The lowest BCUT2D eigenvalue weighted by atomic mass is 9.84. The Morgan fingerprint density at radius 2 is 0.581 bits per heavy atom. The van der Waals surface area contributed by atoms with Gasteiger partial charge in [0.2, 0.25) is 0 Å². The lowest BCUT2D eigenvalue weighted by Crippen LogP contribution is -1.97. The minimum Gasteiger partial charge on any atom is -0.292 e. The standard InChI is InChI=1S/C72H46N2/c1-45-27-28-47-40-52(34-29-46(47)39-45)68-58-17-5-7-19-60(58)69(61-20-8-6-18-59(61)68)53-35-30-49-42-54(36-31-48(49)41-53)70-62-21-9-11-23-64(62)71(65-24-12-10-22-63(65)70)55-37-32-51-44-56(38-33-50(51)43-55)72-73-66-25-13-14-26-67(66)74(72)57-15-3-2-4-16-57/h2-44H,1H3. The minimum atomic E-state index is 0.935. The molecule has 74 heavy (non-hydrogen) atoms. The number of hydrogen-bond donors (Lipinski definition) is 0. The second kappa shape index (κ2) is 16.7. The van der Waals surface area contributed by atoms with Gasteiger partial charge in [0, 0.05) is 11.3 Å². The summed E-state index contributed by atoms with van der Waals surface area (Å²) in [5.74, 6) is 0.935. The van der Waals surface area contributed by atoms with Crippen LogP contribution in [0.5, 0.6) is 0 Å². The Morgan fingerprint density at radius 1 is 0.270 bits per heavy atom. The van der Waals surface area contributed by atoms with Crippen molar-refractivity contribution in [2.24, 2.45) is 0 Å². The van der Waals surface area contributed by atoms with Crippen molar-refractivity contribution in [2.45, 2.75) is 6.92 Å². The van der Waals surface area contributed by atoms with E-state index in [1.807, 2.05) is 0 Å². The van der Waals surface area contributed by atoms with Crippen molar-refractivity contribution in [2.75, 3.05) is 0 Å². The first-order valence-corrected chi connectivity index (χ1v) is 25.6. The highest BCUT2D eigenvalue weighted by molar-refractivity contribution is 6.24. The van der Waals surface area contributed by atoms with Gasteiger partial charge < -0.3 is 0 Å². The summed E-state index contributed by atoms with van der Waals surface area (Å²) in [6.45, 7) is 2.16. The third-order valence-electron chi connectivity index (χ3n) is 15.5. The van der Waals surface area contributed by atoms with Gasteiger partial charge in [-0.05, 0) is 181 Å². The molecule has 0 aliphatic rings. The van der Waals surface area contributed by atoms with Gasteiger partial charge in [-0.2, -0.15) is 0 Å². The molecule has 1 heterocycles. The third-order valence-corrected chi connectivity index (χ3v) is 15.5. The van der Waals surface area contributed by atoms with E-state index in [9.17, 15) is 0 Å². The van der Waals surface area contributed by atoms with Gasteiger partial charge in [-0.3, -0.25) is 4.57 Å². The molecule has 2 heteroatoms. The summed E-state index contributed by atoms with van der Waals surface area (Å²) in [4.78, 5) is 5.17. The maximum absolute atomic E-state index is 5.17. The quantitative estimate of drug-likeness (QED) is 0.152. The van der Waals surface area contributed by atoms with Crippen LogP contribution in [0.1, 0.15) is 5.56 Å². The maximum atomic E-state index is 5.17. The predicted octanol–water partition coefficient (Wildman–Crippen LogP) is 19.7. The van der Waals surface area contributed by atoms with E-state index in [4.69, 9.17) is 4.98 Å². The zero-order valence-electron chi connectivity index (χ0n) is 40.7. The molecule has 1 aromatic heterocycles. The van der Waals surface area contributed by atoms with E-state index in [0.717, 1.165) is 28.1 Å². The van der Waals surface area contributed by atoms with Crippen molar-refractivity contribution in [3.63, 3.8) is 0 Å². The fourth-order valence-corrected chi connectivity index (χ4v) is 12.2. The minimum absolute atomic E-state index is 0.935. The Morgan fingerprint density at radius 3 is 0.986 bits per heavy atom. The van der Waals surface area contributed by atoms with Crippen LogP contribution in [0.15, 0.2) is 261 Å². The van der Waals surface area contributed by atoms with E-state index in [0.29, 0.717) is 0 Å². The fourth-order valence-electron chi connectivity index (χ4n) is 12.2. The van der Waals surface area contributed by atoms with Crippen molar-refractivity contribution >= 4 is 86.4 Å². The summed E-state index contributed by atoms with van der Waals surface area (Å²) in [5, 5.41) is 17.3. The molecule has 0 atom stereocenters. The molecule has 0 aliphatic heterocycles. The number of imidazole rings is 1. The van der Waals surface area contributed by atoms with E-state index < -0.39 is 0 Å². The van der Waals surface area contributed by atoms with Gasteiger partial charge in [0.05, 0.1) is 11.0 Å². The lowest BCUT2D eigenvalue weighted by molar-refractivity contribution is 1.10. The summed E-state index contributed by atoms with van der Waals surface area (Å²) in [5.41, 5.74) is 15.5. The zero-order valence-corrected chi connectivity index (χ0v) is 40.7. The van der Waals surface area contributed by atoms with Crippen molar-refractivity contribution in [3.05, 3.63) is 266 Å². The summed E-state index contributed by atoms with van der Waals surface area (Å²) in [6.07, 6.45) is 0. The van der Waals surface area contributed by atoms with Gasteiger partial charge in [0.1, 0.15) is 5.82 Å². The van der Waals surface area contributed by atoms with Crippen LogP contribution in [0.4, 0.5) is 0 Å². The van der Waals surface area contributed by atoms with Crippen molar-refractivity contribution < 1.29 is 0 Å². The fraction of sp³-hybridized carbons (Fsp3) is 0.0139. The highest BCUT2D eigenvalue weighted by atomic mass is 15.1. The van der Waals surface area contributed by atoms with E-state index in [2.05, 4.69) is 272 Å². The molecule has 0 radical (unpaired) electrons. The maximum Gasteiger partial charge on any atom is 0.145 e. The average Bonchev–Trinajstić information content (AvgIpc) is 3.87. The summed E-state index contributed by atoms with van der Waals surface area (Å²) in [7, 11) is 0. The first kappa shape index (κ1) is 42.1. The van der Waals surface area contributed by atoms with Gasteiger partial charge in [-0.15, -0.1) is 0 Å². The SMILES string of the molecule is Cc1ccc2cc(-c3c4ccccc4c(-c4ccc5cc(-c6c7ccccc7c(-c7ccc8cc(-c9nc%10ccccc%10n9-c9ccccc9)ccc8c7)c7ccccc67)ccc5c4)c4ccccc34)ccc2c1. The predicted molar refractivity (Wildman–Crippen MR) is 316 cm³/mol. The Kier molecular flexibility index (Phi) is 9.52. The van der Waals surface area contributed by atoms with Crippen LogP contribution in [-0.2, 0) is 0 Å². The number of para-hydroxylation sites is 3. The van der Waals surface area contributed by atoms with Gasteiger partial charge in [-0.25, -0.2) is 4.98 Å². The molecule has 0 unspecified atom stereocenters. The van der Waals surface area contributed by atoms with Crippen LogP contribution in [0.3, 0.4) is 0 Å². The molecule has 0 saturated carbocycles. The van der Waals surface area contributed by atoms with Crippen LogP contribution in [0.25, 0.3) is 148 Å². The van der Waals surface area contributed by atoms with Crippen LogP contribution in [0, 0.1) is 6.92 Å². The van der Waals surface area contributed by atoms with Crippen LogP contribution in [-0.4, -0.2) is 9.55 Å². The number of aromatic nitrogens is 2. The number of hydrogen-bond acceptors (Lipinski definition) is 1. The van der Waals surface area contributed by atoms with Gasteiger partial charge in [0.25, 0.3) is 0 Å². The van der Waals surface area contributed by atoms with Crippen molar-refractivity contribution in [1.82, 2.24) is 9.55 Å². The molecule has 0 N–H and O–H groups in total. The molecule has 2 nitrogen and oxygen atoms in total. The van der Waals surface area contributed by atoms with Crippen LogP contribution >= 0.6 is 0 Å². The first-order chi connectivity index (χ1) is 36.6. The van der Waals surface area contributed by atoms with E-state index in [-0.39, 0.29) is 0 Å². The molecule has 15 aromatic rings. The van der Waals surface area contributed by atoms with Gasteiger partial charge in [-0.1, -0.05) is 212 Å². The molecular weight excluding hydrogens is 893 g/mol. The monoisotopic (exact) mass is 938 g/mol. The zero-order chi connectivity index (χ0) is 48.9. The molecule has 344 valence electrons. The third kappa shape index (κ3) is 6.69. The Labute approximate surface area is 428 Å². The topological polar surface area (TPSA) is 17.8 Å². The van der Waals surface area contributed by atoms with E-state index >= 15 is 0 Å². The highest BCUT2D eigenvalue weighted by Gasteiger charge is 2.21. The molecule has 0 spiro atoms. The molecule has 0 amide bonds. The summed E-state index contributed by atoms with van der Waals surface area (Å²) < 4.78 is 2.27. The summed E-state index contributed by atoms with van der Waals surface area (Å²) >= 11 is 0. The second-order valence-electron chi connectivity index (χ2n) is 19.9. The molecule has 15 rings (SSSR count). The Hall–Kier alpha value is -9.63. The number of benzene rings is 14. The number of rotatable bonds is 6.